The number of ether oxygens (including phenoxy) is 4. The lowest BCUT2D eigenvalue weighted by molar-refractivity contribution is -0.161. The number of carbonyl (C=O) groups excluding carboxylic acids is 4. The molecule has 0 amide bonds. The Hall–Kier alpha value is -1.94. The third kappa shape index (κ3) is 76.1. The molecule has 0 radical (unpaired) electrons. The highest BCUT2D eigenvalue weighted by molar-refractivity contribution is 7.47. The van der Waals surface area contributed by atoms with Crippen LogP contribution in [0.5, 0.6) is 0 Å². The van der Waals surface area contributed by atoms with Crippen LogP contribution in [0.3, 0.4) is 0 Å². The van der Waals surface area contributed by atoms with E-state index >= 15 is 0 Å². The van der Waals surface area contributed by atoms with Crippen molar-refractivity contribution in [2.24, 2.45) is 17.8 Å². The van der Waals surface area contributed by atoms with Gasteiger partial charge in [0, 0.05) is 25.7 Å². The lowest BCUT2D eigenvalue weighted by Gasteiger charge is -2.21. The molecule has 0 aromatic rings. The SMILES string of the molecule is CCCCCCCCCCCCCCCCCCCCCCC(=O)OC[C@H](COP(=O)(O)OC[C@@H](O)COP(=O)(O)OC[C@@H](COC(=O)CCCCCCCCCC(C)C)OC(=O)CCCCCCCCCC(C)C)OC(=O)CCCCCCCCCCCCCCCCCCCCC(C)C. The summed E-state index contributed by atoms with van der Waals surface area (Å²) in [7, 11) is -9.92. The van der Waals surface area contributed by atoms with Crippen LogP contribution in [0, 0.1) is 17.8 Å². The Morgan fingerprint density at radius 1 is 0.267 bits per heavy atom. The maximum atomic E-state index is 13.1. The summed E-state index contributed by atoms with van der Waals surface area (Å²) in [6.07, 6.45) is 61.5. The van der Waals surface area contributed by atoms with Crippen molar-refractivity contribution in [3.63, 3.8) is 0 Å². The van der Waals surface area contributed by atoms with E-state index in [-0.39, 0.29) is 25.7 Å². The molecule has 0 saturated heterocycles. The van der Waals surface area contributed by atoms with E-state index in [9.17, 15) is 43.2 Å². The highest BCUT2D eigenvalue weighted by Gasteiger charge is 2.30. The molecule has 0 fully saturated rings. The number of aliphatic hydroxyl groups excluding tert-OH is 1. The maximum Gasteiger partial charge on any atom is 0.472 e. The number of phosphoric ester groups is 2. The average Bonchev–Trinajstić information content (AvgIpc) is 0.938. The van der Waals surface area contributed by atoms with Gasteiger partial charge in [-0.15, -0.1) is 0 Å². The van der Waals surface area contributed by atoms with Crippen molar-refractivity contribution in [1.82, 2.24) is 0 Å². The Morgan fingerprint density at radius 3 is 0.673 bits per heavy atom. The van der Waals surface area contributed by atoms with Crippen molar-refractivity contribution >= 4 is 39.5 Å². The van der Waals surface area contributed by atoms with E-state index in [0.717, 1.165) is 102 Å². The van der Waals surface area contributed by atoms with Gasteiger partial charge in [0.2, 0.25) is 0 Å². The Morgan fingerprint density at radius 2 is 0.455 bits per heavy atom. The second kappa shape index (κ2) is 72.3. The lowest BCUT2D eigenvalue weighted by Crippen LogP contribution is -2.30. The molecule has 19 heteroatoms. The number of carbonyl (C=O) groups is 4. The van der Waals surface area contributed by atoms with Crippen LogP contribution in [-0.2, 0) is 65.4 Å². The number of hydrogen-bond donors (Lipinski definition) is 3. The molecule has 0 aromatic carbocycles. The van der Waals surface area contributed by atoms with E-state index in [0.29, 0.717) is 37.5 Å². The van der Waals surface area contributed by atoms with Gasteiger partial charge in [-0.2, -0.15) is 0 Å². The number of hydrogen-bond acceptors (Lipinski definition) is 15. The third-order valence-electron chi connectivity index (χ3n) is 19.1. The molecule has 101 heavy (non-hydrogen) atoms. The zero-order valence-electron chi connectivity index (χ0n) is 66.4. The minimum atomic E-state index is -4.96. The topological polar surface area (TPSA) is 237 Å². The monoisotopic (exact) mass is 1480 g/mol. The van der Waals surface area contributed by atoms with Crippen molar-refractivity contribution in [2.75, 3.05) is 39.6 Å². The van der Waals surface area contributed by atoms with Crippen LogP contribution in [0.25, 0.3) is 0 Å². The van der Waals surface area contributed by atoms with Gasteiger partial charge >= 0.3 is 39.5 Å². The van der Waals surface area contributed by atoms with Gasteiger partial charge in [0.05, 0.1) is 26.4 Å². The molecule has 0 aromatic heterocycles. The van der Waals surface area contributed by atoms with Crippen LogP contribution in [-0.4, -0.2) is 96.7 Å². The van der Waals surface area contributed by atoms with Crippen LogP contribution in [0.1, 0.15) is 427 Å². The Labute approximate surface area is 619 Å². The summed E-state index contributed by atoms with van der Waals surface area (Å²) in [5.74, 6) is 0.106. The summed E-state index contributed by atoms with van der Waals surface area (Å²) in [4.78, 5) is 72.9. The van der Waals surface area contributed by atoms with Gasteiger partial charge in [-0.25, -0.2) is 9.13 Å². The van der Waals surface area contributed by atoms with E-state index in [4.69, 9.17) is 37.0 Å². The molecule has 0 spiro atoms. The first-order valence-corrected chi connectivity index (χ1v) is 45.3. The lowest BCUT2D eigenvalue weighted by atomic mass is 10.0. The zero-order valence-corrected chi connectivity index (χ0v) is 68.2. The molecule has 5 atom stereocenters. The van der Waals surface area contributed by atoms with Gasteiger partial charge in [-0.05, 0) is 43.4 Å². The van der Waals surface area contributed by atoms with Crippen molar-refractivity contribution < 1.29 is 80.2 Å². The summed E-state index contributed by atoms with van der Waals surface area (Å²) in [6.45, 7) is 11.8. The van der Waals surface area contributed by atoms with Crippen molar-refractivity contribution in [3.8, 4) is 0 Å². The molecule has 0 aliphatic carbocycles. The van der Waals surface area contributed by atoms with Crippen LogP contribution < -0.4 is 0 Å². The van der Waals surface area contributed by atoms with Gasteiger partial charge in [0.1, 0.15) is 19.3 Å². The van der Waals surface area contributed by atoms with E-state index in [1.807, 2.05) is 0 Å². The fraction of sp³-hybridized carbons (Fsp3) is 0.951. The highest BCUT2D eigenvalue weighted by atomic mass is 31.2. The van der Waals surface area contributed by atoms with Crippen LogP contribution in [0.15, 0.2) is 0 Å². The number of esters is 4. The molecule has 3 N–H and O–H groups in total. The van der Waals surface area contributed by atoms with Crippen molar-refractivity contribution in [2.45, 2.75) is 446 Å². The van der Waals surface area contributed by atoms with E-state index in [1.54, 1.807) is 0 Å². The van der Waals surface area contributed by atoms with Crippen LogP contribution in [0.4, 0.5) is 0 Å². The quantitative estimate of drug-likeness (QED) is 0.0222. The minimum absolute atomic E-state index is 0.103. The van der Waals surface area contributed by atoms with E-state index < -0.39 is 97.5 Å². The molecule has 0 aliphatic heterocycles. The molecule has 600 valence electrons. The number of phosphoric acid groups is 2. The van der Waals surface area contributed by atoms with Gasteiger partial charge < -0.3 is 33.8 Å². The third-order valence-corrected chi connectivity index (χ3v) is 21.0. The molecule has 0 saturated carbocycles. The standard InChI is InChI=1S/C82H160O17P2/c1-8-9-10-11-12-13-14-15-16-17-18-19-23-26-29-32-35-42-49-56-63-79(84)92-69-77(98-81(86)65-58-51-43-36-33-30-27-24-21-20-22-25-28-31-34-39-46-53-60-73(2)3)71-96-100(88,89)94-67-76(83)68-95-101(90,91)97-72-78(99-82(87)66-59-52-45-38-41-48-55-62-75(6)7)70-93-80(85)64-57-50-44-37-40-47-54-61-74(4)5/h73-78,83H,8-72H2,1-7H3,(H,88,89)(H,90,91)/t76-,77-,78-/m1/s1. The molecule has 0 heterocycles. The summed E-state index contributed by atoms with van der Waals surface area (Å²) in [5, 5.41) is 10.6. The first kappa shape index (κ1) is 99.1. The predicted molar refractivity (Wildman–Crippen MR) is 414 cm³/mol. The van der Waals surface area contributed by atoms with E-state index in [1.165, 1.54) is 231 Å². The molecule has 0 rings (SSSR count). The van der Waals surface area contributed by atoms with Crippen LogP contribution in [0.2, 0.25) is 0 Å². The number of rotatable bonds is 80. The predicted octanol–water partition coefficient (Wildman–Crippen LogP) is 24.5. The van der Waals surface area contributed by atoms with Gasteiger partial charge in [0.15, 0.2) is 12.2 Å². The highest BCUT2D eigenvalue weighted by Crippen LogP contribution is 2.45. The first-order valence-electron chi connectivity index (χ1n) is 42.3. The number of unbranched alkanes of at least 4 members (excludes halogenated alkanes) is 48. The fourth-order valence-electron chi connectivity index (χ4n) is 12.7. The summed E-state index contributed by atoms with van der Waals surface area (Å²) < 4.78 is 68.6. The Kier molecular flexibility index (Phi) is 70.9. The second-order valence-electron chi connectivity index (χ2n) is 30.9. The Balaban J connectivity index is 5.18. The molecule has 0 bridgehead atoms. The normalized spacial score (nSPS) is 14.0. The van der Waals surface area contributed by atoms with Gasteiger partial charge in [-0.3, -0.25) is 37.3 Å². The van der Waals surface area contributed by atoms with Crippen molar-refractivity contribution in [3.05, 3.63) is 0 Å². The smallest absolute Gasteiger partial charge is 0.462 e. The van der Waals surface area contributed by atoms with Crippen LogP contribution >= 0.6 is 15.6 Å². The molecule has 2 unspecified atom stereocenters. The number of aliphatic hydroxyl groups is 1. The van der Waals surface area contributed by atoms with Gasteiger partial charge in [0.25, 0.3) is 0 Å². The second-order valence-corrected chi connectivity index (χ2v) is 33.8. The van der Waals surface area contributed by atoms with Crippen molar-refractivity contribution in [1.29, 1.82) is 0 Å². The summed E-state index contributed by atoms with van der Waals surface area (Å²) in [5.41, 5.74) is 0. The summed E-state index contributed by atoms with van der Waals surface area (Å²) in [6, 6.07) is 0. The summed E-state index contributed by atoms with van der Waals surface area (Å²) >= 11 is 0. The zero-order chi connectivity index (χ0) is 74.4. The average molecular weight is 1480 g/mol. The first-order chi connectivity index (χ1) is 48.7. The molecule has 0 aliphatic rings. The molecular weight excluding hydrogens is 1320 g/mol. The van der Waals surface area contributed by atoms with E-state index in [2.05, 4.69) is 48.5 Å². The largest absolute Gasteiger partial charge is 0.472 e. The molecule has 17 nitrogen and oxygen atoms in total. The van der Waals surface area contributed by atoms with Gasteiger partial charge in [-0.1, -0.05) is 376 Å². The fourth-order valence-corrected chi connectivity index (χ4v) is 14.2. The molecular formula is C82H160O17P2. The maximum absolute atomic E-state index is 13.1. The minimum Gasteiger partial charge on any atom is -0.462 e. The Bertz CT molecular complexity index is 1960.